The molecule has 10 heteroatoms. The Bertz CT molecular complexity index is 1570. The quantitative estimate of drug-likeness (QED) is 0.304. The molecule has 0 spiro atoms. The maximum absolute atomic E-state index is 13.2. The van der Waals surface area contributed by atoms with Gasteiger partial charge in [0.1, 0.15) is 21.4 Å². The van der Waals surface area contributed by atoms with Gasteiger partial charge in [0, 0.05) is 28.9 Å². The van der Waals surface area contributed by atoms with Crippen molar-refractivity contribution in [3.8, 4) is 11.1 Å². The van der Waals surface area contributed by atoms with Gasteiger partial charge in [0.15, 0.2) is 11.6 Å². The second-order valence-corrected chi connectivity index (χ2v) is 12.3. The van der Waals surface area contributed by atoms with Gasteiger partial charge in [-0.1, -0.05) is 35.0 Å². The molecule has 1 fully saturated rings. The summed E-state index contributed by atoms with van der Waals surface area (Å²) < 4.78 is 28.9. The van der Waals surface area contributed by atoms with Gasteiger partial charge >= 0.3 is 0 Å². The number of Topliss-reactive ketones (excluding diaryl/α,β-unsaturated/α-hetero) is 1. The largest absolute Gasteiger partial charge is 0.365 e. The SMILES string of the molecule is Cc1noc(C)c1-c1ccc2nc(C(=O)CC3CCS(=O)(=O)CC3)nc(NCc3cccc(Cl)c3)c2c1. The average molecular weight is 539 g/mol. The number of aryl methyl sites for hydroxylation is 2. The van der Waals surface area contributed by atoms with Crippen LogP contribution in [0.5, 0.6) is 0 Å². The van der Waals surface area contributed by atoms with Crippen LogP contribution in [0.2, 0.25) is 5.02 Å². The number of anilines is 1. The van der Waals surface area contributed by atoms with E-state index in [1.807, 2.05) is 56.3 Å². The van der Waals surface area contributed by atoms with E-state index in [4.69, 9.17) is 16.1 Å². The minimum atomic E-state index is -2.99. The standard InChI is InChI=1S/C27H27ClN4O4S/c1-16-25(17(2)36-32-16)20-6-7-23-22(14-20)26(29-15-19-4-3-5-21(28)12-19)31-27(30-23)24(33)13-18-8-10-37(34,35)11-9-18/h3-7,12,14,18H,8-11,13,15H2,1-2H3,(H,29,30,31). The second-order valence-electron chi connectivity index (χ2n) is 9.53. The minimum absolute atomic E-state index is 0.0140. The fourth-order valence-corrected chi connectivity index (χ4v) is 6.57. The molecule has 1 aliphatic rings. The third-order valence-corrected chi connectivity index (χ3v) is 8.71. The van der Waals surface area contributed by atoms with E-state index in [0.717, 1.165) is 27.8 Å². The highest BCUT2D eigenvalue weighted by molar-refractivity contribution is 7.91. The molecule has 8 nitrogen and oxygen atoms in total. The molecule has 5 rings (SSSR count). The van der Waals surface area contributed by atoms with E-state index < -0.39 is 9.84 Å². The lowest BCUT2D eigenvalue weighted by molar-refractivity contribution is 0.0948. The molecule has 1 saturated heterocycles. The summed E-state index contributed by atoms with van der Waals surface area (Å²) in [5, 5.41) is 8.83. The monoisotopic (exact) mass is 538 g/mol. The molecule has 192 valence electrons. The van der Waals surface area contributed by atoms with Crippen LogP contribution in [0.3, 0.4) is 0 Å². The summed E-state index contributed by atoms with van der Waals surface area (Å²) in [6.07, 6.45) is 1.20. The minimum Gasteiger partial charge on any atom is -0.365 e. The maximum atomic E-state index is 13.2. The first-order valence-electron chi connectivity index (χ1n) is 12.2. The normalized spacial score (nSPS) is 15.6. The van der Waals surface area contributed by atoms with Gasteiger partial charge in [0.05, 0.1) is 22.7 Å². The Morgan fingerprint density at radius 2 is 1.89 bits per heavy atom. The molecule has 0 aliphatic carbocycles. The van der Waals surface area contributed by atoms with Crippen LogP contribution in [0.15, 0.2) is 47.0 Å². The van der Waals surface area contributed by atoms with Crippen molar-refractivity contribution in [3.63, 3.8) is 0 Å². The lowest BCUT2D eigenvalue weighted by atomic mass is 9.96. The molecule has 37 heavy (non-hydrogen) atoms. The number of nitrogens with one attached hydrogen (secondary N) is 1. The Kier molecular flexibility index (Phi) is 7.00. The van der Waals surface area contributed by atoms with Crippen LogP contribution >= 0.6 is 11.6 Å². The zero-order valence-corrected chi connectivity index (χ0v) is 22.2. The number of carbonyl (C=O) groups is 1. The van der Waals surface area contributed by atoms with Crippen molar-refractivity contribution >= 4 is 43.9 Å². The van der Waals surface area contributed by atoms with Crippen molar-refractivity contribution < 1.29 is 17.7 Å². The Balaban J connectivity index is 1.50. The number of rotatable bonds is 7. The van der Waals surface area contributed by atoms with Gasteiger partial charge in [-0.3, -0.25) is 4.79 Å². The molecule has 2 aromatic carbocycles. The summed E-state index contributed by atoms with van der Waals surface area (Å²) in [4.78, 5) is 22.4. The molecular formula is C27H27ClN4O4S. The van der Waals surface area contributed by atoms with E-state index in [9.17, 15) is 13.2 Å². The van der Waals surface area contributed by atoms with Gasteiger partial charge in [0.25, 0.3) is 0 Å². The van der Waals surface area contributed by atoms with Crippen molar-refractivity contribution in [2.24, 2.45) is 5.92 Å². The second kappa shape index (κ2) is 10.2. The van der Waals surface area contributed by atoms with E-state index in [0.29, 0.717) is 41.5 Å². The molecule has 2 aromatic heterocycles. The number of hydrogen-bond donors (Lipinski definition) is 1. The van der Waals surface area contributed by atoms with Gasteiger partial charge in [-0.05, 0) is 68.0 Å². The molecule has 0 unspecified atom stereocenters. The molecule has 1 aliphatic heterocycles. The summed E-state index contributed by atoms with van der Waals surface area (Å²) in [5.74, 6) is 1.45. The van der Waals surface area contributed by atoms with E-state index >= 15 is 0 Å². The van der Waals surface area contributed by atoms with Gasteiger partial charge in [-0.25, -0.2) is 18.4 Å². The van der Waals surface area contributed by atoms with Crippen LogP contribution in [0.4, 0.5) is 5.82 Å². The Morgan fingerprint density at radius 1 is 1.11 bits per heavy atom. The molecule has 0 radical (unpaired) electrons. The van der Waals surface area contributed by atoms with Crippen LogP contribution in [-0.2, 0) is 16.4 Å². The van der Waals surface area contributed by atoms with E-state index in [1.165, 1.54) is 0 Å². The van der Waals surface area contributed by atoms with E-state index in [1.54, 1.807) is 0 Å². The van der Waals surface area contributed by atoms with E-state index in [-0.39, 0.29) is 35.5 Å². The third-order valence-electron chi connectivity index (χ3n) is 6.76. The number of fused-ring (bicyclic) bond motifs is 1. The molecular weight excluding hydrogens is 512 g/mol. The fourth-order valence-electron chi connectivity index (χ4n) is 4.77. The van der Waals surface area contributed by atoms with E-state index in [2.05, 4.69) is 20.4 Å². The van der Waals surface area contributed by atoms with Crippen molar-refractivity contribution in [1.29, 1.82) is 0 Å². The average Bonchev–Trinajstić information content (AvgIpc) is 3.21. The smallest absolute Gasteiger partial charge is 0.200 e. The summed E-state index contributed by atoms with van der Waals surface area (Å²) in [7, 11) is -2.99. The first-order chi connectivity index (χ1) is 17.7. The Morgan fingerprint density at radius 3 is 2.59 bits per heavy atom. The molecule has 4 aromatic rings. The van der Waals surface area contributed by atoms with Crippen LogP contribution in [-0.4, -0.2) is 40.8 Å². The third kappa shape index (κ3) is 5.67. The first-order valence-corrected chi connectivity index (χ1v) is 14.4. The highest BCUT2D eigenvalue weighted by atomic mass is 35.5. The number of benzene rings is 2. The zero-order chi connectivity index (χ0) is 26.2. The van der Waals surface area contributed by atoms with Gasteiger partial charge in [-0.15, -0.1) is 0 Å². The van der Waals surface area contributed by atoms with Crippen molar-refractivity contribution in [2.75, 3.05) is 16.8 Å². The Hall–Kier alpha value is -3.30. The van der Waals surface area contributed by atoms with Crippen LogP contribution in [0, 0.1) is 19.8 Å². The number of ketones is 1. The summed E-state index contributed by atoms with van der Waals surface area (Å²) in [5.41, 5.74) is 4.22. The van der Waals surface area contributed by atoms with Crippen LogP contribution in [0.1, 0.15) is 46.9 Å². The number of carbonyl (C=O) groups excluding carboxylic acids is 1. The number of nitrogens with zero attached hydrogens (tertiary/aromatic N) is 3. The fraction of sp³-hybridized carbons (Fsp3) is 0.333. The summed E-state index contributed by atoms with van der Waals surface area (Å²) >= 11 is 6.16. The van der Waals surface area contributed by atoms with Gasteiger partial charge in [0.2, 0.25) is 0 Å². The molecule has 3 heterocycles. The summed E-state index contributed by atoms with van der Waals surface area (Å²) in [6.45, 7) is 4.21. The zero-order valence-electron chi connectivity index (χ0n) is 20.6. The lowest BCUT2D eigenvalue weighted by Crippen LogP contribution is -2.25. The number of hydrogen-bond acceptors (Lipinski definition) is 8. The van der Waals surface area contributed by atoms with Crippen LogP contribution in [0.25, 0.3) is 22.0 Å². The van der Waals surface area contributed by atoms with Crippen molar-refractivity contribution in [2.45, 2.75) is 39.7 Å². The molecule has 0 amide bonds. The van der Waals surface area contributed by atoms with Gasteiger partial charge in [-0.2, -0.15) is 0 Å². The molecule has 1 N–H and O–H groups in total. The predicted molar refractivity (Wildman–Crippen MR) is 144 cm³/mol. The molecule has 0 bridgehead atoms. The number of aromatic nitrogens is 3. The molecule has 0 atom stereocenters. The van der Waals surface area contributed by atoms with Crippen molar-refractivity contribution in [1.82, 2.24) is 15.1 Å². The first kappa shape index (κ1) is 25.4. The lowest BCUT2D eigenvalue weighted by Gasteiger charge is -2.21. The Labute approximate surface area is 220 Å². The number of sulfone groups is 1. The highest BCUT2D eigenvalue weighted by Gasteiger charge is 2.27. The van der Waals surface area contributed by atoms with Crippen molar-refractivity contribution in [3.05, 3.63) is 70.3 Å². The van der Waals surface area contributed by atoms with Gasteiger partial charge < -0.3 is 9.84 Å². The van der Waals surface area contributed by atoms with Crippen LogP contribution < -0.4 is 5.32 Å². The predicted octanol–water partition coefficient (Wildman–Crippen LogP) is 5.56. The topological polar surface area (TPSA) is 115 Å². The summed E-state index contributed by atoms with van der Waals surface area (Å²) in [6, 6.07) is 13.3. The molecule has 0 saturated carbocycles. The number of halogens is 1. The maximum Gasteiger partial charge on any atom is 0.200 e. The highest BCUT2D eigenvalue weighted by Crippen LogP contribution is 2.32.